The minimum Gasteiger partial charge on any atom is -0.497 e. The van der Waals surface area contributed by atoms with E-state index in [1.54, 1.807) is 46.9 Å². The van der Waals surface area contributed by atoms with Crippen molar-refractivity contribution >= 4 is 44.9 Å². The van der Waals surface area contributed by atoms with E-state index in [-0.39, 0.29) is 30.9 Å². The van der Waals surface area contributed by atoms with E-state index in [1.807, 2.05) is 10.8 Å². The van der Waals surface area contributed by atoms with Gasteiger partial charge in [-0.2, -0.15) is 0 Å². The number of carbonyl (C=O) groups excluding carboxylic acids is 4. The van der Waals surface area contributed by atoms with Crippen LogP contribution in [0.4, 0.5) is 13.6 Å². The van der Waals surface area contributed by atoms with Gasteiger partial charge < -0.3 is 29.7 Å². The second kappa shape index (κ2) is 15.8. The average Bonchev–Trinajstić information content (AvgIpc) is 4.12. The number of hydrogen-bond acceptors (Lipinski definition) is 11. The van der Waals surface area contributed by atoms with Gasteiger partial charge in [-0.05, 0) is 93.1 Å². The maximum absolute atomic E-state index is 15.0. The number of aryl methyl sites for hydroxylation is 1. The fourth-order valence-corrected chi connectivity index (χ4v) is 11.3. The van der Waals surface area contributed by atoms with Crippen molar-refractivity contribution in [3.05, 3.63) is 23.9 Å². The Balaban J connectivity index is 1.17. The molecule has 10 atom stereocenters. The summed E-state index contributed by atoms with van der Waals surface area (Å²) in [6.07, 6.45) is 1.35. The number of fused-ring (bicyclic) bond motifs is 7. The number of aromatic nitrogens is 2. The molecular formula is C42H56F2N6O9S. The first kappa shape index (κ1) is 42.3. The first-order valence-corrected chi connectivity index (χ1v) is 22.9. The smallest absolute Gasteiger partial charge is 0.408 e. The number of methoxy groups -OCH3 is 1. The van der Waals surface area contributed by atoms with Crippen LogP contribution in [-0.4, -0.2) is 102 Å². The van der Waals surface area contributed by atoms with E-state index < -0.39 is 92.9 Å². The van der Waals surface area contributed by atoms with Crippen LogP contribution in [0.15, 0.2) is 18.2 Å². The molecule has 4 amide bonds. The molecule has 5 fully saturated rings. The standard InChI is InChI=1S/C42H56F2N6O9S/c1-6-24-32-20-50(33(24)36(51)48-42(19-27(42)35(43)44)39(53)49-60(55,56)23-13-14-23)38(52)34(41(2,3)4)47-40(54)59-31-17-21-16-26(21)25(31)10-8-7-9-11-29-37(58-32)46-30-18-22(57-5)12-15-28(30)45-29/h12,15,18,21,23-27,31-35H,6-11,13-14,16-17,19-20H2,1-5H3,(H,47,54)(H,48,51)(H,49,53)/t21?,24-,25-,26+,27+,31-,32+,33+,34-,42-/m1/s1. The number of carbonyl (C=O) groups is 4. The lowest BCUT2D eigenvalue weighted by Crippen LogP contribution is -2.61. The molecule has 1 aromatic heterocycles. The Bertz CT molecular complexity index is 2150. The van der Waals surface area contributed by atoms with E-state index in [9.17, 15) is 36.4 Å². The molecule has 3 N–H and O–H groups in total. The van der Waals surface area contributed by atoms with Gasteiger partial charge in [0.15, 0.2) is 0 Å². The molecule has 8 rings (SSSR count). The predicted molar refractivity (Wildman–Crippen MR) is 213 cm³/mol. The Morgan fingerprint density at radius 3 is 2.47 bits per heavy atom. The highest BCUT2D eigenvalue weighted by Crippen LogP contribution is 2.58. The molecule has 0 radical (unpaired) electrons. The Hall–Kier alpha value is -4.35. The number of sulfonamides is 1. The van der Waals surface area contributed by atoms with Gasteiger partial charge in [0, 0.05) is 12.0 Å². The number of alkyl carbamates (subject to hydrolysis) is 1. The number of rotatable bonds is 8. The summed E-state index contributed by atoms with van der Waals surface area (Å²) in [5, 5.41) is 4.53. The summed E-state index contributed by atoms with van der Waals surface area (Å²) in [5.41, 5.74) is -1.39. The normalized spacial score (nSPS) is 33.3. The number of ether oxygens (including phenoxy) is 3. The van der Waals surface area contributed by atoms with Crippen LogP contribution in [0.1, 0.15) is 97.6 Å². The van der Waals surface area contributed by atoms with Crippen LogP contribution in [-0.2, 0) is 35.6 Å². The van der Waals surface area contributed by atoms with Crippen molar-refractivity contribution in [1.29, 1.82) is 0 Å². The maximum Gasteiger partial charge on any atom is 0.408 e. The first-order chi connectivity index (χ1) is 28.4. The molecule has 2 aliphatic heterocycles. The minimum atomic E-state index is -4.15. The summed E-state index contributed by atoms with van der Waals surface area (Å²) in [7, 11) is -2.61. The lowest BCUT2D eigenvalue weighted by Gasteiger charge is -2.36. The van der Waals surface area contributed by atoms with Crippen molar-refractivity contribution in [2.75, 3.05) is 13.7 Å². The summed E-state index contributed by atoms with van der Waals surface area (Å²) < 4.78 is 74.5. The van der Waals surface area contributed by atoms with Gasteiger partial charge >= 0.3 is 6.09 Å². The highest BCUT2D eigenvalue weighted by atomic mass is 32.2. The van der Waals surface area contributed by atoms with Crippen molar-refractivity contribution in [1.82, 2.24) is 30.2 Å². The van der Waals surface area contributed by atoms with E-state index in [1.165, 1.54) is 4.90 Å². The van der Waals surface area contributed by atoms with Crippen LogP contribution < -0.4 is 24.8 Å². The molecule has 1 aromatic carbocycles. The van der Waals surface area contributed by atoms with Gasteiger partial charge in [0.05, 0.1) is 35.9 Å². The molecule has 328 valence electrons. The van der Waals surface area contributed by atoms with Crippen LogP contribution in [0.25, 0.3) is 11.0 Å². The molecule has 0 spiro atoms. The first-order valence-electron chi connectivity index (χ1n) is 21.4. The van der Waals surface area contributed by atoms with Gasteiger partial charge in [-0.1, -0.05) is 40.5 Å². The van der Waals surface area contributed by atoms with Gasteiger partial charge in [0.1, 0.15) is 41.3 Å². The lowest BCUT2D eigenvalue weighted by atomic mass is 9.85. The zero-order chi connectivity index (χ0) is 42.9. The SMILES string of the molecule is CC[C@@H]1[C@@H]2CN(C(=O)[C@H](C(C)(C)C)NC(=O)O[C@@H]3CC4C[C@@H]4[C@H]3CCCCCc3nc4ccc(OC)cc4nc3O2)[C@@H]1C(=O)N[C@]1(C(=O)NS(=O)(=O)C2CC2)C[C@H]1C(F)F. The Labute approximate surface area is 348 Å². The molecule has 60 heavy (non-hydrogen) atoms. The summed E-state index contributed by atoms with van der Waals surface area (Å²) in [4.78, 5) is 68.2. The molecule has 4 saturated carbocycles. The zero-order valence-corrected chi connectivity index (χ0v) is 35.6. The second-order valence-corrected chi connectivity index (χ2v) is 20.8. The molecule has 1 unspecified atom stereocenters. The summed E-state index contributed by atoms with van der Waals surface area (Å²) in [5.74, 6) is -3.24. The number of alkyl halides is 2. The van der Waals surface area contributed by atoms with E-state index in [0.717, 1.165) is 38.5 Å². The molecule has 6 aliphatic rings. The van der Waals surface area contributed by atoms with Gasteiger partial charge in [0.25, 0.3) is 5.91 Å². The van der Waals surface area contributed by atoms with E-state index in [0.29, 0.717) is 53.6 Å². The average molecular weight is 859 g/mol. The van der Waals surface area contributed by atoms with E-state index in [4.69, 9.17) is 24.2 Å². The van der Waals surface area contributed by atoms with Crippen LogP contribution in [0.2, 0.25) is 0 Å². The van der Waals surface area contributed by atoms with Gasteiger partial charge in [-0.15, -0.1) is 0 Å². The monoisotopic (exact) mass is 858 g/mol. The second-order valence-electron chi connectivity index (χ2n) is 18.8. The fourth-order valence-electron chi connectivity index (χ4n) is 9.97. The molecular weight excluding hydrogens is 803 g/mol. The van der Waals surface area contributed by atoms with Gasteiger partial charge in [-0.3, -0.25) is 19.1 Å². The van der Waals surface area contributed by atoms with Crippen LogP contribution in [0, 0.1) is 35.0 Å². The summed E-state index contributed by atoms with van der Waals surface area (Å²) in [6, 6.07) is 2.76. The van der Waals surface area contributed by atoms with Crippen molar-refractivity contribution in [3.63, 3.8) is 0 Å². The third kappa shape index (κ3) is 8.20. The van der Waals surface area contributed by atoms with Crippen LogP contribution >= 0.6 is 0 Å². The lowest BCUT2D eigenvalue weighted by molar-refractivity contribution is -0.144. The molecule has 15 nitrogen and oxygen atoms in total. The van der Waals surface area contributed by atoms with Crippen LogP contribution in [0.5, 0.6) is 11.6 Å². The third-order valence-electron chi connectivity index (χ3n) is 13.7. The fraction of sp³-hybridized carbons (Fsp3) is 0.714. The minimum absolute atomic E-state index is 0.169. The van der Waals surface area contributed by atoms with E-state index >= 15 is 0 Å². The van der Waals surface area contributed by atoms with Gasteiger partial charge in [0.2, 0.25) is 34.1 Å². The van der Waals surface area contributed by atoms with Gasteiger partial charge in [-0.25, -0.2) is 32.0 Å². The number of hydrogen-bond donors (Lipinski definition) is 3. The quantitative estimate of drug-likeness (QED) is 0.335. The number of nitrogens with zero attached hydrogens (tertiary/aromatic N) is 3. The molecule has 4 aliphatic carbocycles. The topological polar surface area (TPSA) is 195 Å². The van der Waals surface area contributed by atoms with E-state index in [2.05, 4.69) is 10.6 Å². The molecule has 18 heteroatoms. The van der Waals surface area contributed by atoms with Crippen molar-refractivity contribution in [3.8, 4) is 11.6 Å². The van der Waals surface area contributed by atoms with Crippen molar-refractivity contribution in [2.45, 2.75) is 140 Å². The number of halogens is 2. The molecule has 3 heterocycles. The third-order valence-corrected chi connectivity index (χ3v) is 15.5. The summed E-state index contributed by atoms with van der Waals surface area (Å²) in [6.45, 7) is 6.94. The van der Waals surface area contributed by atoms with Crippen LogP contribution in [0.3, 0.4) is 0 Å². The molecule has 2 aromatic rings. The van der Waals surface area contributed by atoms with Crippen molar-refractivity contribution in [2.24, 2.45) is 35.0 Å². The number of nitrogens with one attached hydrogen (secondary N) is 3. The zero-order valence-electron chi connectivity index (χ0n) is 34.7. The Morgan fingerprint density at radius 1 is 1.03 bits per heavy atom. The highest BCUT2D eigenvalue weighted by Gasteiger charge is 2.67. The summed E-state index contributed by atoms with van der Waals surface area (Å²) >= 11 is 0. The number of benzene rings is 1. The van der Waals surface area contributed by atoms with Crippen molar-refractivity contribution < 1.29 is 50.6 Å². The highest BCUT2D eigenvalue weighted by molar-refractivity contribution is 7.91. The maximum atomic E-state index is 15.0. The number of amides is 4. The molecule has 2 bridgehead atoms. The molecule has 1 saturated heterocycles. The Kier molecular flexibility index (Phi) is 11.2. The predicted octanol–water partition coefficient (Wildman–Crippen LogP) is 4.65. The largest absolute Gasteiger partial charge is 0.497 e. The Morgan fingerprint density at radius 2 is 1.80 bits per heavy atom.